The van der Waals surface area contributed by atoms with Gasteiger partial charge in [0.15, 0.2) is 5.96 Å². The third kappa shape index (κ3) is 3.60. The van der Waals surface area contributed by atoms with Gasteiger partial charge in [0, 0.05) is 11.7 Å². The minimum absolute atomic E-state index is 0.219. The maximum Gasteiger partial charge on any atom is 0.193 e. The van der Waals surface area contributed by atoms with Crippen LogP contribution in [0.3, 0.4) is 0 Å². The van der Waals surface area contributed by atoms with Gasteiger partial charge in [0.2, 0.25) is 0 Å². The summed E-state index contributed by atoms with van der Waals surface area (Å²) in [5.41, 5.74) is 6.61. The van der Waals surface area contributed by atoms with Crippen molar-refractivity contribution in [2.24, 2.45) is 10.7 Å². The molecule has 0 aliphatic heterocycles. The van der Waals surface area contributed by atoms with Crippen LogP contribution in [0, 0.1) is 0 Å². The van der Waals surface area contributed by atoms with Crippen molar-refractivity contribution in [2.45, 2.75) is 19.9 Å². The number of anilines is 1. The highest BCUT2D eigenvalue weighted by Crippen LogP contribution is 2.03. The summed E-state index contributed by atoms with van der Waals surface area (Å²) in [4.78, 5) is 4.16. The number of benzene rings is 1. The van der Waals surface area contributed by atoms with E-state index in [1.54, 1.807) is 0 Å². The van der Waals surface area contributed by atoms with Crippen LogP contribution in [0.2, 0.25) is 0 Å². The summed E-state index contributed by atoms with van der Waals surface area (Å²) in [5, 5.41) is 3.00. The van der Waals surface area contributed by atoms with Crippen molar-refractivity contribution < 1.29 is 0 Å². The van der Waals surface area contributed by atoms with Crippen molar-refractivity contribution in [3.63, 3.8) is 0 Å². The monoisotopic (exact) mass is 177 g/mol. The highest BCUT2D eigenvalue weighted by molar-refractivity contribution is 5.92. The lowest BCUT2D eigenvalue weighted by Gasteiger charge is -2.05. The van der Waals surface area contributed by atoms with E-state index < -0.39 is 0 Å². The first kappa shape index (κ1) is 9.58. The Balaban J connectivity index is 2.60. The van der Waals surface area contributed by atoms with Gasteiger partial charge >= 0.3 is 0 Å². The largest absolute Gasteiger partial charge is 0.370 e. The third-order valence-corrected chi connectivity index (χ3v) is 1.44. The van der Waals surface area contributed by atoms with E-state index in [1.807, 2.05) is 44.2 Å². The molecule has 3 N–H and O–H groups in total. The predicted molar refractivity (Wildman–Crippen MR) is 56.8 cm³/mol. The van der Waals surface area contributed by atoms with E-state index in [-0.39, 0.29) is 6.04 Å². The van der Waals surface area contributed by atoms with E-state index in [4.69, 9.17) is 5.73 Å². The number of aliphatic imine (C=N–C) groups is 1. The lowest BCUT2D eigenvalue weighted by Crippen LogP contribution is -2.23. The molecule has 0 saturated heterocycles. The van der Waals surface area contributed by atoms with Crippen LogP contribution in [-0.2, 0) is 0 Å². The second-order valence-corrected chi connectivity index (χ2v) is 3.10. The summed E-state index contributed by atoms with van der Waals surface area (Å²) in [6, 6.07) is 9.97. The Morgan fingerprint density at radius 2 is 1.92 bits per heavy atom. The number of rotatable bonds is 2. The van der Waals surface area contributed by atoms with Gasteiger partial charge in [-0.15, -0.1) is 0 Å². The molecule has 0 amide bonds. The summed E-state index contributed by atoms with van der Waals surface area (Å²) in [7, 11) is 0. The lowest BCUT2D eigenvalue weighted by molar-refractivity contribution is 0.833. The summed E-state index contributed by atoms with van der Waals surface area (Å²) in [6.07, 6.45) is 0. The van der Waals surface area contributed by atoms with E-state index >= 15 is 0 Å². The molecule has 0 aliphatic rings. The minimum atomic E-state index is 0.219. The fraction of sp³-hybridized carbons (Fsp3) is 0.300. The molecule has 0 spiro atoms. The van der Waals surface area contributed by atoms with Crippen LogP contribution in [0.4, 0.5) is 5.69 Å². The van der Waals surface area contributed by atoms with Crippen molar-refractivity contribution in [1.29, 1.82) is 0 Å². The molecule has 1 rings (SSSR count). The Morgan fingerprint density at radius 3 is 2.46 bits per heavy atom. The van der Waals surface area contributed by atoms with Gasteiger partial charge in [-0.2, -0.15) is 0 Å². The second kappa shape index (κ2) is 4.50. The number of hydrogen-bond acceptors (Lipinski definition) is 1. The van der Waals surface area contributed by atoms with E-state index in [0.717, 1.165) is 5.69 Å². The number of nitrogens with zero attached hydrogens (tertiary/aromatic N) is 1. The van der Waals surface area contributed by atoms with Gasteiger partial charge in [-0.1, -0.05) is 18.2 Å². The molecule has 1 aromatic carbocycles. The lowest BCUT2D eigenvalue weighted by atomic mass is 10.3. The molecule has 0 fully saturated rings. The summed E-state index contributed by atoms with van der Waals surface area (Å²) >= 11 is 0. The molecule has 13 heavy (non-hydrogen) atoms. The normalized spacial score (nSPS) is 11.8. The van der Waals surface area contributed by atoms with Crippen molar-refractivity contribution in [3.8, 4) is 0 Å². The standard InChI is InChI=1S/C10H15N3/c1-8(2)12-10(11)13-9-6-4-3-5-7-9/h3-8H,1-2H3,(H3,11,12,13). The molecule has 0 unspecified atom stereocenters. The van der Waals surface area contributed by atoms with Gasteiger partial charge < -0.3 is 11.1 Å². The highest BCUT2D eigenvalue weighted by atomic mass is 15.1. The SMILES string of the molecule is CC(C)N=C(N)Nc1ccccc1. The zero-order chi connectivity index (χ0) is 9.68. The summed E-state index contributed by atoms with van der Waals surface area (Å²) in [5.74, 6) is 0.459. The topological polar surface area (TPSA) is 50.4 Å². The first-order valence-corrected chi connectivity index (χ1v) is 4.34. The Bertz CT molecular complexity index is 277. The molecule has 0 aromatic heterocycles. The van der Waals surface area contributed by atoms with Crippen LogP contribution >= 0.6 is 0 Å². The van der Waals surface area contributed by atoms with Crippen LogP contribution in [0.1, 0.15) is 13.8 Å². The number of nitrogens with one attached hydrogen (secondary N) is 1. The highest BCUT2D eigenvalue weighted by Gasteiger charge is 1.94. The van der Waals surface area contributed by atoms with Gasteiger partial charge in [-0.05, 0) is 26.0 Å². The summed E-state index contributed by atoms with van der Waals surface area (Å²) < 4.78 is 0. The van der Waals surface area contributed by atoms with Crippen molar-refractivity contribution >= 4 is 11.6 Å². The van der Waals surface area contributed by atoms with Crippen LogP contribution < -0.4 is 11.1 Å². The van der Waals surface area contributed by atoms with Crippen LogP contribution in [0.5, 0.6) is 0 Å². The molecule has 0 atom stereocenters. The molecular weight excluding hydrogens is 162 g/mol. The molecule has 0 bridgehead atoms. The zero-order valence-corrected chi connectivity index (χ0v) is 7.99. The average Bonchev–Trinajstić information content (AvgIpc) is 2.04. The van der Waals surface area contributed by atoms with Crippen molar-refractivity contribution in [3.05, 3.63) is 30.3 Å². The van der Waals surface area contributed by atoms with Gasteiger partial charge in [0.25, 0.3) is 0 Å². The first-order valence-electron chi connectivity index (χ1n) is 4.34. The molecule has 3 nitrogen and oxygen atoms in total. The predicted octanol–water partition coefficient (Wildman–Crippen LogP) is 1.82. The number of para-hydroxylation sites is 1. The van der Waals surface area contributed by atoms with Gasteiger partial charge in [0.05, 0.1) is 0 Å². The quantitative estimate of drug-likeness (QED) is 0.534. The van der Waals surface area contributed by atoms with Crippen molar-refractivity contribution in [2.75, 3.05) is 5.32 Å². The van der Waals surface area contributed by atoms with Gasteiger partial charge in [-0.25, -0.2) is 0 Å². The van der Waals surface area contributed by atoms with E-state index in [0.29, 0.717) is 5.96 Å². The van der Waals surface area contributed by atoms with Crippen LogP contribution in [0.25, 0.3) is 0 Å². The fourth-order valence-corrected chi connectivity index (χ4v) is 0.980. The van der Waals surface area contributed by atoms with Crippen molar-refractivity contribution in [1.82, 2.24) is 0 Å². The third-order valence-electron chi connectivity index (χ3n) is 1.44. The molecule has 3 heteroatoms. The smallest absolute Gasteiger partial charge is 0.193 e. The van der Waals surface area contributed by atoms with E-state index in [1.165, 1.54) is 0 Å². The molecule has 0 aliphatic carbocycles. The molecule has 70 valence electrons. The molecule has 0 radical (unpaired) electrons. The number of guanidine groups is 1. The Labute approximate surface area is 78.7 Å². The van der Waals surface area contributed by atoms with Gasteiger partial charge in [0.1, 0.15) is 0 Å². The number of hydrogen-bond donors (Lipinski definition) is 2. The first-order chi connectivity index (χ1) is 6.18. The molecular formula is C10H15N3. The summed E-state index contributed by atoms with van der Waals surface area (Å²) in [6.45, 7) is 3.97. The fourth-order valence-electron chi connectivity index (χ4n) is 0.980. The van der Waals surface area contributed by atoms with Gasteiger partial charge in [-0.3, -0.25) is 4.99 Å². The average molecular weight is 177 g/mol. The Hall–Kier alpha value is -1.51. The maximum absolute atomic E-state index is 5.65. The Kier molecular flexibility index (Phi) is 3.31. The van der Waals surface area contributed by atoms with Crippen LogP contribution in [0.15, 0.2) is 35.3 Å². The minimum Gasteiger partial charge on any atom is -0.370 e. The Morgan fingerprint density at radius 1 is 1.31 bits per heavy atom. The van der Waals surface area contributed by atoms with E-state index in [2.05, 4.69) is 10.3 Å². The zero-order valence-electron chi connectivity index (χ0n) is 7.99. The molecule has 0 heterocycles. The number of nitrogens with two attached hydrogens (primary N) is 1. The second-order valence-electron chi connectivity index (χ2n) is 3.10. The van der Waals surface area contributed by atoms with Crippen LogP contribution in [-0.4, -0.2) is 12.0 Å². The van der Waals surface area contributed by atoms with E-state index in [9.17, 15) is 0 Å². The molecule has 1 aromatic rings. The maximum atomic E-state index is 5.65. The molecule has 0 saturated carbocycles.